The van der Waals surface area contributed by atoms with Crippen LogP contribution < -0.4 is 15.4 Å². The van der Waals surface area contributed by atoms with Crippen molar-refractivity contribution in [1.82, 2.24) is 15.5 Å². The first-order chi connectivity index (χ1) is 12.1. The lowest BCUT2D eigenvalue weighted by atomic mass is 9.98. The summed E-state index contributed by atoms with van der Waals surface area (Å²) in [6.07, 6.45) is 3.81. The second-order valence-corrected chi connectivity index (χ2v) is 6.91. The molecule has 2 N–H and O–H groups in total. The lowest BCUT2D eigenvalue weighted by Gasteiger charge is -2.27. The third-order valence-corrected chi connectivity index (χ3v) is 5.30. The van der Waals surface area contributed by atoms with Gasteiger partial charge >= 0.3 is 6.03 Å². The molecule has 1 atom stereocenters. The van der Waals surface area contributed by atoms with E-state index in [1.54, 1.807) is 0 Å². The Hall–Kier alpha value is -2.57. The van der Waals surface area contributed by atoms with Crippen LogP contribution in [-0.2, 0) is 9.59 Å². The molecule has 1 aliphatic carbocycles. The van der Waals surface area contributed by atoms with Crippen molar-refractivity contribution in [2.75, 3.05) is 13.2 Å². The van der Waals surface area contributed by atoms with Gasteiger partial charge in [0.25, 0.3) is 5.91 Å². The summed E-state index contributed by atoms with van der Waals surface area (Å²) in [6, 6.07) is 6.94. The molecule has 0 radical (unpaired) electrons. The second kappa shape index (κ2) is 6.06. The summed E-state index contributed by atoms with van der Waals surface area (Å²) in [5, 5.41) is 5.72. The number of hydrogen-bond acceptors (Lipinski definition) is 4. The van der Waals surface area contributed by atoms with Crippen molar-refractivity contribution in [3.63, 3.8) is 0 Å². The number of amides is 4. The van der Waals surface area contributed by atoms with E-state index < -0.39 is 11.6 Å². The molecular weight excluding hydrogens is 322 g/mol. The monoisotopic (exact) mass is 343 g/mol. The van der Waals surface area contributed by atoms with E-state index >= 15 is 0 Å². The topological polar surface area (TPSA) is 87.7 Å². The van der Waals surface area contributed by atoms with Crippen molar-refractivity contribution >= 4 is 17.8 Å². The van der Waals surface area contributed by atoms with Crippen LogP contribution in [-0.4, -0.2) is 41.4 Å². The molecule has 0 aromatic heterocycles. The largest absolute Gasteiger partial charge is 0.493 e. The molecule has 0 unspecified atom stereocenters. The summed E-state index contributed by atoms with van der Waals surface area (Å²) < 4.78 is 5.59. The fourth-order valence-corrected chi connectivity index (χ4v) is 4.01. The number of rotatable bonds is 3. The molecule has 1 aromatic carbocycles. The number of urea groups is 1. The maximum Gasteiger partial charge on any atom is 0.325 e. The number of carbonyl (C=O) groups excluding carboxylic acids is 3. The van der Waals surface area contributed by atoms with E-state index in [4.69, 9.17) is 4.74 Å². The number of nitrogens with zero attached hydrogens (tertiary/aromatic N) is 1. The van der Waals surface area contributed by atoms with Crippen LogP contribution in [0.2, 0.25) is 0 Å². The van der Waals surface area contributed by atoms with Crippen molar-refractivity contribution in [3.8, 4) is 5.75 Å². The summed E-state index contributed by atoms with van der Waals surface area (Å²) in [5.41, 5.74) is 0.148. The zero-order valence-electron chi connectivity index (χ0n) is 13.9. The van der Waals surface area contributed by atoms with Gasteiger partial charge in [-0.1, -0.05) is 31.0 Å². The molecule has 4 amide bonds. The van der Waals surface area contributed by atoms with E-state index in [1.165, 1.54) is 0 Å². The molecule has 2 fully saturated rings. The molecule has 2 aliphatic heterocycles. The van der Waals surface area contributed by atoms with Gasteiger partial charge in [0.1, 0.15) is 17.8 Å². The summed E-state index contributed by atoms with van der Waals surface area (Å²) in [5.74, 6) is 0.164. The zero-order valence-corrected chi connectivity index (χ0v) is 13.9. The number of nitrogens with one attached hydrogen (secondary N) is 2. The molecule has 1 saturated carbocycles. The quantitative estimate of drug-likeness (QED) is 0.814. The average molecular weight is 343 g/mol. The molecular formula is C18H21N3O4. The Morgan fingerprint density at radius 2 is 2.04 bits per heavy atom. The van der Waals surface area contributed by atoms with Gasteiger partial charge < -0.3 is 15.4 Å². The van der Waals surface area contributed by atoms with Crippen LogP contribution in [0.4, 0.5) is 4.79 Å². The lowest BCUT2D eigenvalue weighted by Crippen LogP contribution is -2.45. The number of carbonyl (C=O) groups is 3. The van der Waals surface area contributed by atoms with Crippen molar-refractivity contribution in [2.24, 2.45) is 0 Å². The minimum atomic E-state index is -0.775. The Bertz CT molecular complexity index is 727. The molecule has 25 heavy (non-hydrogen) atoms. The Labute approximate surface area is 145 Å². The number of ether oxygens (including phenoxy) is 1. The minimum absolute atomic E-state index is 0.168. The normalized spacial score (nSPS) is 24.0. The zero-order chi connectivity index (χ0) is 17.4. The van der Waals surface area contributed by atoms with E-state index in [9.17, 15) is 14.4 Å². The van der Waals surface area contributed by atoms with Gasteiger partial charge in [-0.2, -0.15) is 0 Å². The standard InChI is InChI=1S/C18H21N3O4/c22-15(19-13-7-10-25-14-6-2-1-5-12(13)14)11-21-16(23)18(20-17(21)24)8-3-4-9-18/h1-2,5-6,13H,3-4,7-11H2,(H,19,22)(H,20,24)/t13-/m1/s1. The summed E-state index contributed by atoms with van der Waals surface area (Å²) in [4.78, 5) is 38.3. The SMILES string of the molecule is O=C(CN1C(=O)NC2(CCCC2)C1=O)N[C@@H]1CCOc2ccccc21. The fraction of sp³-hybridized carbons (Fsp3) is 0.500. The molecule has 1 spiro atoms. The van der Waals surface area contributed by atoms with Crippen LogP contribution >= 0.6 is 0 Å². The Morgan fingerprint density at radius 1 is 1.28 bits per heavy atom. The summed E-state index contributed by atoms with van der Waals surface area (Å²) >= 11 is 0. The van der Waals surface area contributed by atoms with Gasteiger partial charge in [-0.15, -0.1) is 0 Å². The Balaban J connectivity index is 1.43. The highest BCUT2D eigenvalue weighted by atomic mass is 16.5. The second-order valence-electron chi connectivity index (χ2n) is 6.91. The third kappa shape index (κ3) is 2.73. The number of para-hydroxylation sites is 1. The van der Waals surface area contributed by atoms with Gasteiger partial charge in [0, 0.05) is 12.0 Å². The van der Waals surface area contributed by atoms with Gasteiger partial charge in [0.15, 0.2) is 0 Å². The maximum atomic E-state index is 12.6. The van der Waals surface area contributed by atoms with Gasteiger partial charge in [-0.05, 0) is 18.9 Å². The Morgan fingerprint density at radius 3 is 2.84 bits per heavy atom. The minimum Gasteiger partial charge on any atom is -0.493 e. The highest BCUT2D eigenvalue weighted by Crippen LogP contribution is 2.35. The van der Waals surface area contributed by atoms with Crippen LogP contribution in [0.25, 0.3) is 0 Å². The summed E-state index contributed by atoms with van der Waals surface area (Å²) in [7, 11) is 0. The van der Waals surface area contributed by atoms with Crippen molar-refractivity contribution in [1.29, 1.82) is 0 Å². The first kappa shape index (κ1) is 15.9. The molecule has 1 saturated heterocycles. The molecule has 7 nitrogen and oxygen atoms in total. The predicted octanol–water partition coefficient (Wildman–Crippen LogP) is 1.49. The number of imide groups is 1. The fourth-order valence-electron chi connectivity index (χ4n) is 4.01. The first-order valence-electron chi connectivity index (χ1n) is 8.74. The Kier molecular flexibility index (Phi) is 3.86. The third-order valence-electron chi connectivity index (χ3n) is 5.30. The van der Waals surface area contributed by atoms with Crippen LogP contribution in [0.15, 0.2) is 24.3 Å². The maximum absolute atomic E-state index is 12.6. The van der Waals surface area contributed by atoms with Crippen molar-refractivity contribution in [2.45, 2.75) is 43.7 Å². The average Bonchev–Trinajstić information content (AvgIpc) is 3.16. The number of hydrogen-bond donors (Lipinski definition) is 2. The van der Waals surface area contributed by atoms with E-state index in [0.717, 1.165) is 29.1 Å². The van der Waals surface area contributed by atoms with Crippen LogP contribution in [0.3, 0.4) is 0 Å². The molecule has 2 heterocycles. The van der Waals surface area contributed by atoms with Crippen LogP contribution in [0.5, 0.6) is 5.75 Å². The molecule has 1 aromatic rings. The van der Waals surface area contributed by atoms with Crippen molar-refractivity contribution in [3.05, 3.63) is 29.8 Å². The number of benzene rings is 1. The van der Waals surface area contributed by atoms with E-state index in [1.807, 2.05) is 24.3 Å². The molecule has 3 aliphatic rings. The van der Waals surface area contributed by atoms with Crippen LogP contribution in [0, 0.1) is 0 Å². The van der Waals surface area contributed by atoms with Gasteiger partial charge in [-0.3, -0.25) is 14.5 Å². The van der Waals surface area contributed by atoms with E-state index in [2.05, 4.69) is 10.6 Å². The highest BCUT2D eigenvalue weighted by molar-refractivity contribution is 6.09. The molecule has 0 bridgehead atoms. The first-order valence-corrected chi connectivity index (χ1v) is 8.74. The predicted molar refractivity (Wildman–Crippen MR) is 88.9 cm³/mol. The van der Waals surface area contributed by atoms with E-state index in [0.29, 0.717) is 25.9 Å². The smallest absolute Gasteiger partial charge is 0.325 e. The van der Waals surface area contributed by atoms with Gasteiger partial charge in [0.2, 0.25) is 5.91 Å². The van der Waals surface area contributed by atoms with Crippen molar-refractivity contribution < 1.29 is 19.1 Å². The lowest BCUT2D eigenvalue weighted by molar-refractivity contribution is -0.135. The molecule has 132 valence electrons. The van der Waals surface area contributed by atoms with E-state index in [-0.39, 0.29) is 24.4 Å². The molecule has 4 rings (SSSR count). The number of fused-ring (bicyclic) bond motifs is 1. The summed E-state index contributed by atoms with van der Waals surface area (Å²) in [6.45, 7) is 0.278. The van der Waals surface area contributed by atoms with Crippen LogP contribution in [0.1, 0.15) is 43.7 Å². The molecule has 7 heteroatoms. The highest BCUT2D eigenvalue weighted by Gasteiger charge is 2.52. The van der Waals surface area contributed by atoms with Gasteiger partial charge in [-0.25, -0.2) is 4.79 Å². The van der Waals surface area contributed by atoms with Gasteiger partial charge in [0.05, 0.1) is 12.6 Å².